The number of methoxy groups -OCH3 is 1. The average Bonchev–Trinajstić information content (AvgIpc) is 3.34. The van der Waals surface area contributed by atoms with Crippen LogP contribution in [0.25, 0.3) is 0 Å². The Morgan fingerprint density at radius 2 is 1.73 bits per heavy atom. The fourth-order valence-electron chi connectivity index (χ4n) is 6.63. The molecule has 3 aliphatic carbocycles. The number of benzene rings is 1. The van der Waals surface area contributed by atoms with Crippen LogP contribution in [0.2, 0.25) is 0 Å². The van der Waals surface area contributed by atoms with E-state index in [-0.39, 0.29) is 44.0 Å². The van der Waals surface area contributed by atoms with Crippen LogP contribution in [0.4, 0.5) is 0 Å². The van der Waals surface area contributed by atoms with Gasteiger partial charge in [0.15, 0.2) is 11.5 Å². The second-order valence-corrected chi connectivity index (χ2v) is 12.7. The molecule has 0 radical (unpaired) electrons. The number of aliphatic hydroxyl groups is 3. The Kier molecular flexibility index (Phi) is 12.1. The highest BCUT2D eigenvalue weighted by Gasteiger charge is 2.43. The lowest BCUT2D eigenvalue weighted by atomic mass is 9.86. The van der Waals surface area contributed by atoms with Gasteiger partial charge in [-0.05, 0) is 78.0 Å². The number of ether oxygens (including phenoxy) is 2. The third-order valence-corrected chi connectivity index (χ3v) is 9.54. The maximum absolute atomic E-state index is 14.1. The molecule has 0 spiro atoms. The summed E-state index contributed by atoms with van der Waals surface area (Å²) in [6.45, 7) is -0.239. The van der Waals surface area contributed by atoms with Crippen molar-refractivity contribution in [2.24, 2.45) is 5.92 Å². The molecule has 9 nitrogen and oxygen atoms in total. The van der Waals surface area contributed by atoms with E-state index >= 15 is 0 Å². The van der Waals surface area contributed by atoms with Crippen molar-refractivity contribution in [1.82, 2.24) is 10.2 Å². The van der Waals surface area contributed by atoms with E-state index in [0.29, 0.717) is 38.5 Å². The zero-order valence-electron chi connectivity index (χ0n) is 24.0. The zero-order valence-corrected chi connectivity index (χ0v) is 26.2. The molecule has 0 heterocycles. The minimum absolute atomic E-state index is 0.00469. The topological polar surface area (TPSA) is 129 Å². The number of carbonyl (C=O) groups excluding carboxylic acids is 2. The monoisotopic (exact) mass is 684 g/mol. The van der Waals surface area contributed by atoms with Gasteiger partial charge in [0, 0.05) is 31.0 Å². The van der Waals surface area contributed by atoms with Crippen LogP contribution in [0.15, 0.2) is 23.8 Å². The van der Waals surface area contributed by atoms with Crippen LogP contribution in [0.1, 0.15) is 82.6 Å². The number of aliphatic hydroxyl groups excluding tert-OH is 3. The first-order valence-corrected chi connectivity index (χ1v) is 16.2. The number of nitrogens with one attached hydrogen (secondary N) is 1. The number of halogens is 1. The Morgan fingerprint density at radius 1 is 1.05 bits per heavy atom. The SMILES string of the molecule is COc1cc(CO)cc(I)c1OC1C=C(C(=O)NCCO)CC(N(C(=O)CC2CCCC2)C2CCCCCC2)C1O. The fourth-order valence-corrected chi connectivity index (χ4v) is 7.42. The third kappa shape index (κ3) is 8.14. The first-order valence-electron chi connectivity index (χ1n) is 15.1. The standard InChI is InChI=1S/C31H45IN2O7/c1-40-27-15-21(19-36)14-24(32)30(27)41-26-18-22(31(39)33-12-13-35)17-25(29(26)38)34(23-10-4-2-3-5-11-23)28(37)16-20-8-6-7-9-20/h14-15,18,20,23,25-26,29,35-36,38H,2-13,16-17,19H2,1H3,(H,33,39). The zero-order chi connectivity index (χ0) is 29.4. The Morgan fingerprint density at radius 3 is 2.37 bits per heavy atom. The number of hydrogen-bond donors (Lipinski definition) is 4. The summed E-state index contributed by atoms with van der Waals surface area (Å²) in [5.74, 6) is 0.892. The van der Waals surface area contributed by atoms with Crippen molar-refractivity contribution in [1.29, 1.82) is 0 Å². The molecule has 3 atom stereocenters. The van der Waals surface area contributed by atoms with Gasteiger partial charge >= 0.3 is 0 Å². The molecule has 2 saturated carbocycles. The van der Waals surface area contributed by atoms with Crippen LogP contribution in [0.3, 0.4) is 0 Å². The minimum Gasteiger partial charge on any atom is -0.493 e. The quantitative estimate of drug-likeness (QED) is 0.206. The van der Waals surface area contributed by atoms with Crippen LogP contribution in [-0.2, 0) is 16.2 Å². The van der Waals surface area contributed by atoms with E-state index in [1.165, 1.54) is 7.11 Å². The fraction of sp³-hybridized carbons (Fsp3) is 0.677. The summed E-state index contributed by atoms with van der Waals surface area (Å²) in [4.78, 5) is 29.2. The van der Waals surface area contributed by atoms with Crippen LogP contribution >= 0.6 is 22.6 Å². The van der Waals surface area contributed by atoms with Gasteiger partial charge in [-0.1, -0.05) is 38.5 Å². The van der Waals surface area contributed by atoms with Crippen molar-refractivity contribution >= 4 is 34.4 Å². The smallest absolute Gasteiger partial charge is 0.247 e. The molecule has 41 heavy (non-hydrogen) atoms. The van der Waals surface area contributed by atoms with Gasteiger partial charge in [-0.15, -0.1) is 0 Å². The largest absolute Gasteiger partial charge is 0.493 e. The van der Waals surface area contributed by atoms with E-state index in [0.717, 1.165) is 64.2 Å². The number of nitrogens with zero attached hydrogens (tertiary/aromatic N) is 1. The molecular formula is C31H45IN2O7. The first kappa shape index (κ1) is 32.0. The van der Waals surface area contributed by atoms with E-state index in [9.17, 15) is 24.9 Å². The van der Waals surface area contributed by atoms with Gasteiger partial charge < -0.3 is 35.0 Å². The van der Waals surface area contributed by atoms with E-state index < -0.39 is 18.2 Å². The van der Waals surface area contributed by atoms with Crippen molar-refractivity contribution in [2.75, 3.05) is 20.3 Å². The summed E-state index contributed by atoms with van der Waals surface area (Å²) in [7, 11) is 1.51. The summed E-state index contributed by atoms with van der Waals surface area (Å²) in [5.41, 5.74) is 1.09. The van der Waals surface area contributed by atoms with Gasteiger partial charge in [0.1, 0.15) is 12.2 Å². The molecule has 1 aromatic carbocycles. The highest BCUT2D eigenvalue weighted by atomic mass is 127. The average molecular weight is 685 g/mol. The van der Waals surface area contributed by atoms with E-state index in [4.69, 9.17) is 9.47 Å². The lowest BCUT2D eigenvalue weighted by Crippen LogP contribution is -2.58. The third-order valence-electron chi connectivity index (χ3n) is 8.74. The van der Waals surface area contributed by atoms with E-state index in [1.807, 2.05) is 4.90 Å². The molecule has 3 unspecified atom stereocenters. The molecule has 4 N–H and O–H groups in total. The predicted molar refractivity (Wildman–Crippen MR) is 164 cm³/mol. The summed E-state index contributed by atoms with van der Waals surface area (Å²) in [6.07, 6.45) is 10.8. The van der Waals surface area contributed by atoms with Crippen molar-refractivity contribution in [2.45, 2.75) is 108 Å². The second kappa shape index (κ2) is 15.5. The molecule has 0 bridgehead atoms. The minimum atomic E-state index is -1.07. The summed E-state index contributed by atoms with van der Waals surface area (Å²) < 4.78 is 12.6. The second-order valence-electron chi connectivity index (χ2n) is 11.6. The highest BCUT2D eigenvalue weighted by molar-refractivity contribution is 14.1. The predicted octanol–water partition coefficient (Wildman–Crippen LogP) is 3.84. The van der Waals surface area contributed by atoms with Gasteiger partial charge in [0.2, 0.25) is 11.8 Å². The van der Waals surface area contributed by atoms with Crippen LogP contribution in [0.5, 0.6) is 11.5 Å². The number of carbonyl (C=O) groups is 2. The van der Waals surface area contributed by atoms with Gasteiger partial charge in [0.25, 0.3) is 0 Å². The molecule has 4 rings (SSSR count). The van der Waals surface area contributed by atoms with Gasteiger partial charge in [-0.3, -0.25) is 9.59 Å². The molecule has 228 valence electrons. The maximum Gasteiger partial charge on any atom is 0.247 e. The molecule has 2 amide bonds. The summed E-state index contributed by atoms with van der Waals surface area (Å²) in [5, 5.41) is 33.6. The Labute approximate surface area is 256 Å². The molecule has 0 aliphatic heterocycles. The number of rotatable bonds is 11. The normalized spacial score (nSPS) is 23.9. The van der Waals surface area contributed by atoms with Crippen molar-refractivity contribution < 1.29 is 34.4 Å². The van der Waals surface area contributed by atoms with E-state index in [1.54, 1.807) is 18.2 Å². The first-order chi connectivity index (χ1) is 19.9. The molecule has 0 saturated heterocycles. The van der Waals surface area contributed by atoms with Gasteiger partial charge in [-0.25, -0.2) is 0 Å². The van der Waals surface area contributed by atoms with Crippen molar-refractivity contribution in [3.05, 3.63) is 32.9 Å². The highest BCUT2D eigenvalue weighted by Crippen LogP contribution is 2.39. The summed E-state index contributed by atoms with van der Waals surface area (Å²) >= 11 is 2.10. The summed E-state index contributed by atoms with van der Waals surface area (Å²) in [6, 6.07) is 2.85. The van der Waals surface area contributed by atoms with Gasteiger partial charge in [-0.2, -0.15) is 0 Å². The Bertz CT molecular complexity index is 1070. The number of amides is 2. The van der Waals surface area contributed by atoms with Crippen LogP contribution in [0, 0.1) is 9.49 Å². The van der Waals surface area contributed by atoms with Crippen molar-refractivity contribution in [3.8, 4) is 11.5 Å². The molecule has 1 aromatic rings. The Balaban J connectivity index is 1.70. The molecule has 10 heteroatoms. The van der Waals surface area contributed by atoms with Crippen LogP contribution < -0.4 is 14.8 Å². The molecule has 3 aliphatic rings. The molecular weight excluding hydrogens is 639 g/mol. The lowest BCUT2D eigenvalue weighted by molar-refractivity contribution is -0.143. The van der Waals surface area contributed by atoms with Gasteiger partial charge in [0.05, 0.1) is 29.9 Å². The van der Waals surface area contributed by atoms with E-state index in [2.05, 4.69) is 27.9 Å². The Hall–Kier alpha value is -1.89. The van der Waals surface area contributed by atoms with Crippen molar-refractivity contribution in [3.63, 3.8) is 0 Å². The number of hydrogen-bond acceptors (Lipinski definition) is 7. The molecule has 2 fully saturated rings. The molecule has 0 aromatic heterocycles. The lowest BCUT2D eigenvalue weighted by Gasteiger charge is -2.44. The maximum atomic E-state index is 14.1. The van der Waals surface area contributed by atoms with Crippen LogP contribution in [-0.4, -0.2) is 76.6 Å².